The number of para-hydroxylation sites is 1. The van der Waals surface area contributed by atoms with Crippen LogP contribution >= 0.6 is 11.6 Å². The molecule has 0 unspecified atom stereocenters. The number of benzene rings is 5. The van der Waals surface area contributed by atoms with Gasteiger partial charge in [0.1, 0.15) is 0 Å². The molecule has 0 aliphatic rings. The van der Waals surface area contributed by atoms with Gasteiger partial charge in [-0.15, -0.1) is 0 Å². The maximum atomic E-state index is 6.48. The summed E-state index contributed by atoms with van der Waals surface area (Å²) in [5.41, 5.74) is 5.96. The van der Waals surface area contributed by atoms with Crippen LogP contribution in [0.3, 0.4) is 0 Å². The molecule has 0 bridgehead atoms. The zero-order chi connectivity index (χ0) is 20.1. The second-order valence-corrected chi connectivity index (χ2v) is 8.00. The highest BCUT2D eigenvalue weighted by Gasteiger charge is 2.19. The van der Waals surface area contributed by atoms with Crippen molar-refractivity contribution in [2.45, 2.75) is 0 Å². The monoisotopic (exact) mass is 403 g/mol. The highest BCUT2D eigenvalue weighted by atomic mass is 35.5. The van der Waals surface area contributed by atoms with Gasteiger partial charge in [-0.1, -0.05) is 84.4 Å². The number of halogens is 1. The molecule has 0 saturated heterocycles. The second-order valence-electron chi connectivity index (χ2n) is 7.57. The van der Waals surface area contributed by atoms with Gasteiger partial charge in [0, 0.05) is 26.9 Å². The van der Waals surface area contributed by atoms with Gasteiger partial charge >= 0.3 is 0 Å². The van der Waals surface area contributed by atoms with Crippen molar-refractivity contribution < 1.29 is 0 Å². The Bertz CT molecular complexity index is 1530. The van der Waals surface area contributed by atoms with Crippen LogP contribution in [-0.4, -0.2) is 4.57 Å². The maximum Gasteiger partial charge on any atom is 0.0625 e. The lowest BCUT2D eigenvalue weighted by Crippen LogP contribution is -1.94. The van der Waals surface area contributed by atoms with Crippen LogP contribution in [0.25, 0.3) is 49.4 Å². The molecule has 6 aromatic rings. The van der Waals surface area contributed by atoms with Crippen molar-refractivity contribution in [3.05, 3.63) is 114 Å². The highest BCUT2D eigenvalue weighted by molar-refractivity contribution is 6.33. The minimum absolute atomic E-state index is 0.752. The van der Waals surface area contributed by atoms with Gasteiger partial charge in [0.15, 0.2) is 0 Å². The number of nitrogens with zero attached hydrogens (tertiary/aromatic N) is 1. The van der Waals surface area contributed by atoms with Crippen LogP contribution in [0, 0.1) is 0 Å². The minimum Gasteiger partial charge on any atom is -0.309 e. The molecule has 0 saturated carbocycles. The van der Waals surface area contributed by atoms with E-state index in [4.69, 9.17) is 11.6 Å². The molecule has 0 aliphatic carbocycles. The molecule has 0 N–H and O–H groups in total. The molecule has 142 valence electrons. The molecule has 0 aliphatic heterocycles. The van der Waals surface area contributed by atoms with Gasteiger partial charge in [0.2, 0.25) is 0 Å². The van der Waals surface area contributed by atoms with Crippen molar-refractivity contribution in [1.82, 2.24) is 4.57 Å². The van der Waals surface area contributed by atoms with Crippen molar-refractivity contribution in [2.75, 3.05) is 0 Å². The summed E-state index contributed by atoms with van der Waals surface area (Å²) in [6.45, 7) is 0. The molecule has 0 atom stereocenters. The van der Waals surface area contributed by atoms with E-state index in [2.05, 4.69) is 108 Å². The topological polar surface area (TPSA) is 4.93 Å². The van der Waals surface area contributed by atoms with Gasteiger partial charge in [-0.2, -0.15) is 0 Å². The number of rotatable bonds is 2. The predicted molar refractivity (Wildman–Crippen MR) is 129 cm³/mol. The van der Waals surface area contributed by atoms with E-state index >= 15 is 0 Å². The van der Waals surface area contributed by atoms with Crippen LogP contribution in [0.2, 0.25) is 5.02 Å². The third-order valence-electron chi connectivity index (χ3n) is 5.81. The van der Waals surface area contributed by atoms with Crippen molar-refractivity contribution in [3.63, 3.8) is 0 Å². The first kappa shape index (κ1) is 17.3. The van der Waals surface area contributed by atoms with Crippen LogP contribution in [0.15, 0.2) is 109 Å². The summed E-state index contributed by atoms with van der Waals surface area (Å²) in [5, 5.41) is 5.63. The molecule has 1 aromatic heterocycles. The second kappa shape index (κ2) is 6.76. The van der Waals surface area contributed by atoms with E-state index in [1.165, 1.54) is 38.2 Å². The van der Waals surface area contributed by atoms with Crippen LogP contribution in [0.4, 0.5) is 0 Å². The summed E-state index contributed by atoms with van der Waals surface area (Å²) in [6, 6.07) is 38.3. The van der Waals surface area contributed by atoms with E-state index in [9.17, 15) is 0 Å². The molecule has 0 spiro atoms. The van der Waals surface area contributed by atoms with E-state index in [-0.39, 0.29) is 0 Å². The fraction of sp³-hybridized carbons (Fsp3) is 0. The molecule has 5 aromatic carbocycles. The first-order valence-electron chi connectivity index (χ1n) is 10.1. The lowest BCUT2D eigenvalue weighted by atomic mass is 9.95. The maximum absolute atomic E-state index is 6.48. The Kier molecular flexibility index (Phi) is 3.90. The van der Waals surface area contributed by atoms with Gasteiger partial charge in [0.25, 0.3) is 0 Å². The molecule has 0 amide bonds. The largest absolute Gasteiger partial charge is 0.309 e. The third kappa shape index (κ3) is 2.56. The molecule has 0 radical (unpaired) electrons. The first-order chi connectivity index (χ1) is 14.8. The van der Waals surface area contributed by atoms with E-state index in [1.807, 2.05) is 6.07 Å². The molecule has 30 heavy (non-hydrogen) atoms. The third-order valence-corrected chi connectivity index (χ3v) is 6.05. The predicted octanol–water partition coefficient (Wildman–Crippen LogP) is 8.26. The zero-order valence-corrected chi connectivity index (χ0v) is 17.0. The van der Waals surface area contributed by atoms with Gasteiger partial charge in [0.05, 0.1) is 11.0 Å². The van der Waals surface area contributed by atoms with Crippen LogP contribution < -0.4 is 0 Å². The fourth-order valence-electron chi connectivity index (χ4n) is 4.55. The molecule has 1 nitrogen and oxygen atoms in total. The van der Waals surface area contributed by atoms with Crippen molar-refractivity contribution in [1.29, 1.82) is 0 Å². The van der Waals surface area contributed by atoms with Gasteiger partial charge in [-0.3, -0.25) is 0 Å². The van der Waals surface area contributed by atoms with E-state index in [0.29, 0.717) is 0 Å². The molecule has 2 heteroatoms. The SMILES string of the molecule is Clc1ccc2c(c1)c1c(-c3ccccc3)cc3ccccc3c1n2-c1ccccc1. The van der Waals surface area contributed by atoms with Gasteiger partial charge in [-0.25, -0.2) is 0 Å². The lowest BCUT2D eigenvalue weighted by molar-refractivity contribution is 1.19. The van der Waals surface area contributed by atoms with E-state index < -0.39 is 0 Å². The normalized spacial score (nSPS) is 11.5. The van der Waals surface area contributed by atoms with E-state index in [1.54, 1.807) is 0 Å². The Morgan fingerprint density at radius 3 is 2.10 bits per heavy atom. The van der Waals surface area contributed by atoms with Crippen LogP contribution in [-0.2, 0) is 0 Å². The smallest absolute Gasteiger partial charge is 0.0625 e. The summed E-state index contributed by atoms with van der Waals surface area (Å²) in [6.07, 6.45) is 0. The zero-order valence-electron chi connectivity index (χ0n) is 16.2. The Morgan fingerprint density at radius 1 is 0.600 bits per heavy atom. The lowest BCUT2D eigenvalue weighted by Gasteiger charge is -2.12. The quantitative estimate of drug-likeness (QED) is 0.274. The molecule has 1 heterocycles. The van der Waals surface area contributed by atoms with Crippen LogP contribution in [0.5, 0.6) is 0 Å². The average Bonchev–Trinajstić information content (AvgIpc) is 3.14. The Labute approximate surface area is 179 Å². The van der Waals surface area contributed by atoms with Crippen molar-refractivity contribution in [2.24, 2.45) is 0 Å². The minimum atomic E-state index is 0.752. The summed E-state index contributed by atoms with van der Waals surface area (Å²) in [7, 11) is 0. The van der Waals surface area contributed by atoms with Crippen molar-refractivity contribution >= 4 is 44.2 Å². The highest BCUT2D eigenvalue weighted by Crippen LogP contribution is 2.43. The molecule has 6 rings (SSSR count). The van der Waals surface area contributed by atoms with Crippen molar-refractivity contribution in [3.8, 4) is 16.8 Å². The number of hydrogen-bond donors (Lipinski definition) is 0. The number of fused-ring (bicyclic) bond motifs is 5. The Morgan fingerprint density at radius 2 is 1.30 bits per heavy atom. The van der Waals surface area contributed by atoms with E-state index in [0.717, 1.165) is 16.2 Å². The summed E-state index contributed by atoms with van der Waals surface area (Å²) in [4.78, 5) is 0. The summed E-state index contributed by atoms with van der Waals surface area (Å²) >= 11 is 6.48. The van der Waals surface area contributed by atoms with Gasteiger partial charge < -0.3 is 4.57 Å². The van der Waals surface area contributed by atoms with Crippen LogP contribution in [0.1, 0.15) is 0 Å². The average molecular weight is 404 g/mol. The Balaban J connectivity index is 1.92. The summed E-state index contributed by atoms with van der Waals surface area (Å²) < 4.78 is 2.37. The van der Waals surface area contributed by atoms with Gasteiger partial charge in [-0.05, 0) is 52.9 Å². The fourth-order valence-corrected chi connectivity index (χ4v) is 4.72. The summed E-state index contributed by atoms with van der Waals surface area (Å²) in [5.74, 6) is 0. The Hall–Kier alpha value is -3.55. The molecule has 0 fully saturated rings. The molecular formula is C28H18ClN. The molecular weight excluding hydrogens is 386 g/mol. The number of aromatic nitrogens is 1. The standard InChI is InChI=1S/C28H18ClN/c29-21-15-16-26-25(18-21)27-24(19-9-3-1-4-10-19)17-20-11-7-8-14-23(20)28(27)30(26)22-12-5-2-6-13-22/h1-18H. The first-order valence-corrected chi connectivity index (χ1v) is 10.5. The number of hydrogen-bond acceptors (Lipinski definition) is 0.